The number of halogens is 1. The van der Waals surface area contributed by atoms with E-state index in [1.807, 2.05) is 11.6 Å². The standard InChI is InChI=1S/C12H13BrN2/c1-3-15-12(8-9(2)14-15)10-4-6-11(13)7-5-10/h4-8H,3H2,1-2H3. The lowest BCUT2D eigenvalue weighted by Gasteiger charge is -2.04. The van der Waals surface area contributed by atoms with Gasteiger partial charge in [-0.2, -0.15) is 5.10 Å². The van der Waals surface area contributed by atoms with Crippen LogP contribution in [-0.2, 0) is 6.54 Å². The van der Waals surface area contributed by atoms with Gasteiger partial charge in [-0.15, -0.1) is 0 Å². The fraction of sp³-hybridized carbons (Fsp3) is 0.250. The van der Waals surface area contributed by atoms with Crippen LogP contribution < -0.4 is 0 Å². The molecule has 2 nitrogen and oxygen atoms in total. The number of benzene rings is 1. The van der Waals surface area contributed by atoms with Gasteiger partial charge >= 0.3 is 0 Å². The molecule has 3 heteroatoms. The van der Waals surface area contributed by atoms with Crippen LogP contribution in [0, 0.1) is 6.92 Å². The lowest BCUT2D eigenvalue weighted by molar-refractivity contribution is 0.660. The summed E-state index contributed by atoms with van der Waals surface area (Å²) in [7, 11) is 0. The van der Waals surface area contributed by atoms with Gasteiger partial charge < -0.3 is 0 Å². The Hall–Kier alpha value is -1.09. The zero-order valence-electron chi connectivity index (χ0n) is 8.87. The predicted octanol–water partition coefficient (Wildman–Crippen LogP) is 3.64. The van der Waals surface area contributed by atoms with Crippen LogP contribution in [0.1, 0.15) is 12.6 Å². The Morgan fingerprint density at radius 2 is 1.93 bits per heavy atom. The summed E-state index contributed by atoms with van der Waals surface area (Å²) in [4.78, 5) is 0. The van der Waals surface area contributed by atoms with Crippen molar-refractivity contribution in [1.82, 2.24) is 9.78 Å². The summed E-state index contributed by atoms with van der Waals surface area (Å²) in [6, 6.07) is 10.4. The molecule has 15 heavy (non-hydrogen) atoms. The van der Waals surface area contributed by atoms with Crippen molar-refractivity contribution in [2.75, 3.05) is 0 Å². The van der Waals surface area contributed by atoms with E-state index in [0.717, 1.165) is 16.7 Å². The van der Waals surface area contributed by atoms with E-state index in [0.29, 0.717) is 0 Å². The van der Waals surface area contributed by atoms with Crippen LogP contribution in [0.25, 0.3) is 11.3 Å². The van der Waals surface area contributed by atoms with Crippen LogP contribution in [0.3, 0.4) is 0 Å². The maximum atomic E-state index is 4.43. The van der Waals surface area contributed by atoms with E-state index in [4.69, 9.17) is 0 Å². The maximum Gasteiger partial charge on any atom is 0.0684 e. The minimum absolute atomic E-state index is 0.902. The first kappa shape index (κ1) is 10.4. The van der Waals surface area contributed by atoms with Crippen molar-refractivity contribution in [2.24, 2.45) is 0 Å². The van der Waals surface area contributed by atoms with E-state index in [1.165, 1.54) is 11.3 Å². The van der Waals surface area contributed by atoms with Crippen molar-refractivity contribution in [3.8, 4) is 11.3 Å². The second kappa shape index (κ2) is 4.19. The monoisotopic (exact) mass is 264 g/mol. The highest BCUT2D eigenvalue weighted by Crippen LogP contribution is 2.22. The van der Waals surface area contributed by atoms with E-state index >= 15 is 0 Å². The Labute approximate surface area is 98.1 Å². The number of hydrogen-bond donors (Lipinski definition) is 0. The molecule has 2 aromatic rings. The van der Waals surface area contributed by atoms with Crippen molar-refractivity contribution in [3.05, 3.63) is 40.5 Å². The van der Waals surface area contributed by atoms with Gasteiger partial charge in [-0.1, -0.05) is 28.1 Å². The molecule has 0 N–H and O–H groups in total. The SMILES string of the molecule is CCn1nc(C)cc1-c1ccc(Br)cc1. The molecule has 0 amide bonds. The summed E-state index contributed by atoms with van der Waals surface area (Å²) in [5.41, 5.74) is 3.46. The average Bonchev–Trinajstić information content (AvgIpc) is 2.61. The molecular formula is C12H13BrN2. The van der Waals surface area contributed by atoms with Crippen LogP contribution in [0.15, 0.2) is 34.8 Å². The predicted molar refractivity (Wildman–Crippen MR) is 65.8 cm³/mol. The van der Waals surface area contributed by atoms with Gasteiger partial charge in [-0.3, -0.25) is 4.68 Å². The van der Waals surface area contributed by atoms with Gasteiger partial charge in [0.2, 0.25) is 0 Å². The summed E-state index contributed by atoms with van der Waals surface area (Å²) in [5.74, 6) is 0. The molecule has 0 saturated carbocycles. The quantitative estimate of drug-likeness (QED) is 0.810. The van der Waals surface area contributed by atoms with Crippen LogP contribution in [0.2, 0.25) is 0 Å². The summed E-state index contributed by atoms with van der Waals surface area (Å²) in [6.07, 6.45) is 0. The number of nitrogens with zero attached hydrogens (tertiary/aromatic N) is 2. The molecule has 1 aromatic heterocycles. The smallest absolute Gasteiger partial charge is 0.0684 e. The second-order valence-corrected chi connectivity index (χ2v) is 4.41. The highest BCUT2D eigenvalue weighted by molar-refractivity contribution is 9.10. The topological polar surface area (TPSA) is 17.8 Å². The Bertz CT molecular complexity index is 457. The number of hydrogen-bond acceptors (Lipinski definition) is 1. The molecule has 0 aliphatic rings. The van der Waals surface area contributed by atoms with E-state index in [2.05, 4.69) is 58.3 Å². The fourth-order valence-corrected chi connectivity index (χ4v) is 1.90. The highest BCUT2D eigenvalue weighted by atomic mass is 79.9. The molecule has 2 rings (SSSR count). The van der Waals surface area contributed by atoms with E-state index < -0.39 is 0 Å². The van der Waals surface area contributed by atoms with Crippen LogP contribution >= 0.6 is 15.9 Å². The molecular weight excluding hydrogens is 252 g/mol. The van der Waals surface area contributed by atoms with Crippen molar-refractivity contribution < 1.29 is 0 Å². The minimum Gasteiger partial charge on any atom is -0.265 e. The van der Waals surface area contributed by atoms with Crippen molar-refractivity contribution >= 4 is 15.9 Å². The summed E-state index contributed by atoms with van der Waals surface area (Å²) < 4.78 is 3.13. The van der Waals surface area contributed by atoms with Gasteiger partial charge in [0.25, 0.3) is 0 Å². The van der Waals surface area contributed by atoms with Crippen LogP contribution in [-0.4, -0.2) is 9.78 Å². The van der Waals surface area contributed by atoms with Gasteiger partial charge in [0, 0.05) is 11.0 Å². The molecule has 0 radical (unpaired) electrons. The van der Waals surface area contributed by atoms with Crippen molar-refractivity contribution in [1.29, 1.82) is 0 Å². The van der Waals surface area contributed by atoms with Crippen molar-refractivity contribution in [3.63, 3.8) is 0 Å². The molecule has 0 saturated heterocycles. The van der Waals surface area contributed by atoms with Crippen LogP contribution in [0.4, 0.5) is 0 Å². The average molecular weight is 265 g/mol. The van der Waals surface area contributed by atoms with Gasteiger partial charge in [-0.05, 0) is 37.6 Å². The molecule has 1 heterocycles. The second-order valence-electron chi connectivity index (χ2n) is 3.49. The van der Waals surface area contributed by atoms with Crippen molar-refractivity contribution in [2.45, 2.75) is 20.4 Å². The lowest BCUT2D eigenvalue weighted by Crippen LogP contribution is -1.98. The summed E-state index contributed by atoms with van der Waals surface area (Å²) >= 11 is 3.44. The fourth-order valence-electron chi connectivity index (χ4n) is 1.64. The normalized spacial score (nSPS) is 10.6. The van der Waals surface area contributed by atoms with Gasteiger partial charge in [-0.25, -0.2) is 0 Å². The summed E-state index contributed by atoms with van der Waals surface area (Å²) in [6.45, 7) is 5.03. The third-order valence-corrected chi connectivity index (χ3v) is 2.87. The first-order valence-electron chi connectivity index (χ1n) is 5.01. The first-order chi connectivity index (χ1) is 7.20. The molecule has 0 fully saturated rings. The molecule has 0 bridgehead atoms. The third-order valence-electron chi connectivity index (χ3n) is 2.34. The van der Waals surface area contributed by atoms with E-state index in [1.54, 1.807) is 0 Å². The molecule has 0 aliphatic carbocycles. The Morgan fingerprint density at radius 1 is 1.27 bits per heavy atom. The summed E-state index contributed by atoms with van der Waals surface area (Å²) in [5, 5.41) is 4.43. The zero-order chi connectivity index (χ0) is 10.8. The van der Waals surface area contributed by atoms with Gasteiger partial charge in [0.1, 0.15) is 0 Å². The number of aryl methyl sites for hydroxylation is 2. The van der Waals surface area contributed by atoms with E-state index in [-0.39, 0.29) is 0 Å². The van der Waals surface area contributed by atoms with E-state index in [9.17, 15) is 0 Å². The molecule has 0 aliphatic heterocycles. The molecule has 0 spiro atoms. The Kier molecular flexibility index (Phi) is 2.91. The minimum atomic E-state index is 0.902. The van der Waals surface area contributed by atoms with Gasteiger partial charge in [0.05, 0.1) is 11.4 Å². The molecule has 0 unspecified atom stereocenters. The van der Waals surface area contributed by atoms with Crippen LogP contribution in [0.5, 0.6) is 0 Å². The number of rotatable bonds is 2. The largest absolute Gasteiger partial charge is 0.265 e. The lowest BCUT2D eigenvalue weighted by atomic mass is 10.1. The highest BCUT2D eigenvalue weighted by Gasteiger charge is 2.05. The zero-order valence-corrected chi connectivity index (χ0v) is 10.5. The number of aromatic nitrogens is 2. The Balaban J connectivity index is 2.48. The molecule has 78 valence electrons. The Morgan fingerprint density at radius 3 is 2.53 bits per heavy atom. The molecule has 0 atom stereocenters. The first-order valence-corrected chi connectivity index (χ1v) is 5.80. The van der Waals surface area contributed by atoms with Gasteiger partial charge in [0.15, 0.2) is 0 Å². The molecule has 1 aromatic carbocycles. The maximum absolute atomic E-state index is 4.43. The third kappa shape index (κ3) is 2.12.